The molecule has 5 heteroatoms. The van der Waals surface area contributed by atoms with Crippen LogP contribution in [0.15, 0.2) is 0 Å². The summed E-state index contributed by atoms with van der Waals surface area (Å²) in [5, 5.41) is 8.89. The van der Waals surface area contributed by atoms with Crippen molar-refractivity contribution in [2.24, 2.45) is 5.92 Å². The van der Waals surface area contributed by atoms with Crippen LogP contribution >= 0.6 is 0 Å². The van der Waals surface area contributed by atoms with E-state index in [9.17, 15) is 4.79 Å². The third-order valence-electron chi connectivity index (χ3n) is 3.66. The van der Waals surface area contributed by atoms with Crippen molar-refractivity contribution >= 4 is 6.03 Å². The van der Waals surface area contributed by atoms with Gasteiger partial charge in [0.15, 0.2) is 0 Å². The second kappa shape index (κ2) is 5.01. The zero-order valence-corrected chi connectivity index (χ0v) is 9.76. The van der Waals surface area contributed by atoms with Crippen LogP contribution in [-0.2, 0) is 4.74 Å². The largest absolute Gasteiger partial charge is 0.395 e. The van der Waals surface area contributed by atoms with Gasteiger partial charge in [0.1, 0.15) is 0 Å². The van der Waals surface area contributed by atoms with E-state index in [1.165, 1.54) is 0 Å². The molecule has 2 rings (SSSR count). The Morgan fingerprint density at radius 2 is 2.12 bits per heavy atom. The number of ether oxygens (including phenoxy) is 1. The van der Waals surface area contributed by atoms with E-state index < -0.39 is 0 Å². The van der Waals surface area contributed by atoms with Crippen LogP contribution < -0.4 is 0 Å². The number of urea groups is 1. The number of hydrogen-bond acceptors (Lipinski definition) is 3. The SMILES string of the molecule is CN1C(=O)N(CCO)CC1C1CCOCC1. The van der Waals surface area contributed by atoms with Gasteiger partial charge < -0.3 is 19.6 Å². The molecular formula is C11H20N2O3. The van der Waals surface area contributed by atoms with Gasteiger partial charge in [-0.3, -0.25) is 0 Å². The fourth-order valence-electron chi connectivity index (χ4n) is 2.66. The van der Waals surface area contributed by atoms with Crippen molar-refractivity contribution in [2.75, 3.05) is 40.0 Å². The van der Waals surface area contributed by atoms with Gasteiger partial charge in [0.2, 0.25) is 0 Å². The first-order chi connectivity index (χ1) is 7.74. The average Bonchev–Trinajstić information content (AvgIpc) is 2.59. The second-order valence-electron chi connectivity index (χ2n) is 4.58. The maximum Gasteiger partial charge on any atom is 0.320 e. The number of likely N-dealkylation sites (N-methyl/N-ethyl adjacent to an activating group) is 1. The van der Waals surface area contributed by atoms with Gasteiger partial charge in [-0.15, -0.1) is 0 Å². The molecule has 1 atom stereocenters. The van der Waals surface area contributed by atoms with E-state index in [-0.39, 0.29) is 12.6 Å². The minimum absolute atomic E-state index is 0.0417. The van der Waals surface area contributed by atoms with Crippen molar-refractivity contribution in [3.8, 4) is 0 Å². The summed E-state index contributed by atoms with van der Waals surface area (Å²) in [5.41, 5.74) is 0. The second-order valence-corrected chi connectivity index (χ2v) is 4.58. The van der Waals surface area contributed by atoms with Crippen molar-refractivity contribution in [1.82, 2.24) is 9.80 Å². The fourth-order valence-corrected chi connectivity index (χ4v) is 2.66. The highest BCUT2D eigenvalue weighted by Gasteiger charge is 2.39. The van der Waals surface area contributed by atoms with E-state index in [1.54, 1.807) is 4.90 Å². The van der Waals surface area contributed by atoms with Gasteiger partial charge >= 0.3 is 6.03 Å². The number of nitrogens with zero attached hydrogens (tertiary/aromatic N) is 2. The minimum Gasteiger partial charge on any atom is -0.395 e. The summed E-state index contributed by atoms with van der Waals surface area (Å²) >= 11 is 0. The maximum absolute atomic E-state index is 11.9. The monoisotopic (exact) mass is 228 g/mol. The third-order valence-corrected chi connectivity index (χ3v) is 3.66. The summed E-state index contributed by atoms with van der Waals surface area (Å²) in [6.07, 6.45) is 2.07. The van der Waals surface area contributed by atoms with E-state index in [0.717, 1.165) is 32.6 Å². The highest BCUT2D eigenvalue weighted by atomic mass is 16.5. The fraction of sp³-hybridized carbons (Fsp3) is 0.909. The van der Waals surface area contributed by atoms with Gasteiger partial charge in [-0.25, -0.2) is 4.79 Å². The third kappa shape index (κ3) is 2.15. The predicted molar refractivity (Wildman–Crippen MR) is 59.1 cm³/mol. The lowest BCUT2D eigenvalue weighted by Gasteiger charge is -2.30. The summed E-state index contributed by atoms with van der Waals surface area (Å²) in [6, 6.07) is 0.341. The molecule has 0 aromatic heterocycles. The zero-order valence-electron chi connectivity index (χ0n) is 9.76. The van der Waals surface area contributed by atoms with E-state index >= 15 is 0 Å². The van der Waals surface area contributed by atoms with Crippen molar-refractivity contribution in [3.05, 3.63) is 0 Å². The number of carbonyl (C=O) groups excluding carboxylic acids is 1. The summed E-state index contributed by atoms with van der Waals surface area (Å²) in [5.74, 6) is 0.548. The van der Waals surface area contributed by atoms with Gasteiger partial charge in [-0.05, 0) is 18.8 Å². The van der Waals surface area contributed by atoms with Gasteiger partial charge in [-0.1, -0.05) is 0 Å². The number of aliphatic hydroxyl groups is 1. The molecule has 0 bridgehead atoms. The summed E-state index contributed by atoms with van der Waals surface area (Å²) in [4.78, 5) is 15.4. The highest BCUT2D eigenvalue weighted by Crippen LogP contribution is 2.27. The van der Waals surface area contributed by atoms with Crippen LogP contribution in [0.25, 0.3) is 0 Å². The first-order valence-electron chi connectivity index (χ1n) is 5.94. The molecule has 2 amide bonds. The molecule has 2 saturated heterocycles. The van der Waals surface area contributed by atoms with Crippen molar-refractivity contribution < 1.29 is 14.6 Å². The van der Waals surface area contributed by atoms with Crippen molar-refractivity contribution in [3.63, 3.8) is 0 Å². The smallest absolute Gasteiger partial charge is 0.320 e. The minimum atomic E-state index is 0.0417. The number of aliphatic hydroxyl groups excluding tert-OH is 1. The average molecular weight is 228 g/mol. The lowest BCUT2D eigenvalue weighted by molar-refractivity contribution is 0.0451. The normalized spacial score (nSPS) is 27.9. The van der Waals surface area contributed by atoms with E-state index in [1.807, 2.05) is 11.9 Å². The van der Waals surface area contributed by atoms with Crippen LogP contribution in [0.3, 0.4) is 0 Å². The number of amides is 2. The maximum atomic E-state index is 11.9. The lowest BCUT2D eigenvalue weighted by Crippen LogP contribution is -2.38. The Hall–Kier alpha value is -0.810. The van der Waals surface area contributed by atoms with Crippen LogP contribution in [0, 0.1) is 5.92 Å². The number of β-amino-alcohol motifs (C(OH)–C–C–N with tert-alkyl or cyclic N) is 1. The summed E-state index contributed by atoms with van der Waals surface area (Å²) in [7, 11) is 1.86. The Bertz CT molecular complexity index is 254. The predicted octanol–water partition coefficient (Wildman–Crippen LogP) is 0.141. The van der Waals surface area contributed by atoms with E-state index in [4.69, 9.17) is 9.84 Å². The Balaban J connectivity index is 1.97. The zero-order chi connectivity index (χ0) is 11.5. The highest BCUT2D eigenvalue weighted by molar-refractivity contribution is 5.76. The summed E-state index contributed by atoms with van der Waals surface area (Å²) in [6.45, 7) is 2.86. The van der Waals surface area contributed by atoms with Gasteiger partial charge in [0.25, 0.3) is 0 Å². The van der Waals surface area contributed by atoms with Gasteiger partial charge in [0, 0.05) is 33.4 Å². The molecule has 1 unspecified atom stereocenters. The molecule has 0 aromatic carbocycles. The Labute approximate surface area is 96.0 Å². The van der Waals surface area contributed by atoms with Crippen LogP contribution in [0.5, 0.6) is 0 Å². The van der Waals surface area contributed by atoms with Crippen molar-refractivity contribution in [2.45, 2.75) is 18.9 Å². The Morgan fingerprint density at radius 3 is 2.75 bits per heavy atom. The van der Waals surface area contributed by atoms with Crippen molar-refractivity contribution in [1.29, 1.82) is 0 Å². The van der Waals surface area contributed by atoms with E-state index in [2.05, 4.69) is 0 Å². The Kier molecular flexibility index (Phi) is 3.66. The molecule has 2 aliphatic rings. The molecule has 16 heavy (non-hydrogen) atoms. The molecule has 1 N–H and O–H groups in total. The molecule has 2 fully saturated rings. The molecule has 0 aliphatic carbocycles. The molecule has 2 aliphatic heterocycles. The van der Waals surface area contributed by atoms with Crippen LogP contribution in [-0.4, -0.2) is 66.9 Å². The molecule has 92 valence electrons. The molecular weight excluding hydrogens is 208 g/mol. The quantitative estimate of drug-likeness (QED) is 0.747. The van der Waals surface area contributed by atoms with Crippen LogP contribution in [0.4, 0.5) is 4.79 Å². The van der Waals surface area contributed by atoms with Crippen LogP contribution in [0.1, 0.15) is 12.8 Å². The Morgan fingerprint density at radius 1 is 1.44 bits per heavy atom. The molecule has 2 heterocycles. The number of hydrogen-bond donors (Lipinski definition) is 1. The number of rotatable bonds is 3. The molecule has 0 spiro atoms. The van der Waals surface area contributed by atoms with Gasteiger partial charge in [-0.2, -0.15) is 0 Å². The van der Waals surface area contributed by atoms with Crippen LogP contribution in [0.2, 0.25) is 0 Å². The molecule has 0 aromatic rings. The lowest BCUT2D eigenvalue weighted by atomic mass is 9.91. The summed E-state index contributed by atoms with van der Waals surface area (Å²) < 4.78 is 5.34. The van der Waals surface area contributed by atoms with E-state index in [0.29, 0.717) is 18.5 Å². The first-order valence-corrected chi connectivity index (χ1v) is 5.94. The molecule has 0 saturated carbocycles. The molecule has 5 nitrogen and oxygen atoms in total. The molecule has 0 radical (unpaired) electrons. The topological polar surface area (TPSA) is 53.0 Å². The number of carbonyl (C=O) groups is 1. The standard InChI is InChI=1S/C11H20N2O3/c1-12-10(9-2-6-16-7-3-9)8-13(4-5-14)11(12)15/h9-10,14H,2-8H2,1H3. The van der Waals surface area contributed by atoms with Gasteiger partial charge in [0.05, 0.1) is 12.6 Å². The first kappa shape index (κ1) is 11.7.